The van der Waals surface area contributed by atoms with E-state index < -0.39 is 0 Å². The van der Waals surface area contributed by atoms with Crippen molar-refractivity contribution in [3.63, 3.8) is 0 Å². The molecule has 4 aliphatic rings. The lowest BCUT2D eigenvalue weighted by atomic mass is 9.43. The van der Waals surface area contributed by atoms with Crippen LogP contribution in [0.5, 0.6) is 0 Å². The Bertz CT molecular complexity index is 806. The molecule has 0 unspecified atom stereocenters. The zero-order valence-corrected chi connectivity index (χ0v) is 24.5. The normalized spacial score (nSPS) is 43.6. The summed E-state index contributed by atoms with van der Waals surface area (Å²) in [6.45, 7) is 17.8. The standard InChI is InChI=1S/C32H54O4/c1-19(2)20(3)9-10-21(4)27-13-14-28-26-12-11-24-17-25(35-22(5)33)15-16-31(24,7)30(26)29(36-23(6)34)18-32(27,28)8/h19-21,24-30H,9-18H2,1-8H3/t20-,21+,24-,25+,26+,27-,28-,29+,30+,31-,32-/m0/s1. The van der Waals surface area contributed by atoms with Crippen LogP contribution in [0.25, 0.3) is 0 Å². The molecule has 0 aromatic rings. The molecule has 4 nitrogen and oxygen atoms in total. The van der Waals surface area contributed by atoms with Gasteiger partial charge < -0.3 is 9.47 Å². The molecule has 4 fully saturated rings. The van der Waals surface area contributed by atoms with E-state index in [0.29, 0.717) is 17.8 Å². The first kappa shape index (κ1) is 28.0. The number of carbonyl (C=O) groups excluding carboxylic acids is 2. The van der Waals surface area contributed by atoms with Crippen molar-refractivity contribution in [2.45, 2.75) is 132 Å². The van der Waals surface area contributed by atoms with Gasteiger partial charge in [-0.3, -0.25) is 9.59 Å². The Morgan fingerprint density at radius 1 is 0.861 bits per heavy atom. The topological polar surface area (TPSA) is 52.6 Å². The molecule has 4 heteroatoms. The fraction of sp³-hybridized carbons (Fsp3) is 0.938. The summed E-state index contributed by atoms with van der Waals surface area (Å²) in [5, 5.41) is 0. The fourth-order valence-electron chi connectivity index (χ4n) is 10.0. The van der Waals surface area contributed by atoms with E-state index in [4.69, 9.17) is 9.47 Å². The molecule has 11 atom stereocenters. The highest BCUT2D eigenvalue weighted by Crippen LogP contribution is 2.69. The van der Waals surface area contributed by atoms with E-state index >= 15 is 0 Å². The molecule has 0 aromatic heterocycles. The Labute approximate surface area is 221 Å². The van der Waals surface area contributed by atoms with E-state index in [2.05, 4.69) is 41.5 Å². The van der Waals surface area contributed by atoms with Crippen LogP contribution < -0.4 is 0 Å². The van der Waals surface area contributed by atoms with Crippen LogP contribution in [0.3, 0.4) is 0 Å². The summed E-state index contributed by atoms with van der Waals surface area (Å²) in [5.74, 6) is 5.08. The molecular weight excluding hydrogens is 448 g/mol. The van der Waals surface area contributed by atoms with Crippen LogP contribution in [-0.2, 0) is 19.1 Å². The van der Waals surface area contributed by atoms with Gasteiger partial charge in [-0.1, -0.05) is 54.4 Å². The maximum absolute atomic E-state index is 12.4. The number of rotatable bonds is 7. The quantitative estimate of drug-likeness (QED) is 0.333. The lowest BCUT2D eigenvalue weighted by Crippen LogP contribution is -2.60. The smallest absolute Gasteiger partial charge is 0.302 e. The van der Waals surface area contributed by atoms with Crippen LogP contribution in [0, 0.1) is 58.2 Å². The minimum atomic E-state index is -0.155. The molecule has 0 spiro atoms. The average molecular weight is 503 g/mol. The zero-order valence-electron chi connectivity index (χ0n) is 24.5. The van der Waals surface area contributed by atoms with Crippen LogP contribution in [-0.4, -0.2) is 24.1 Å². The minimum Gasteiger partial charge on any atom is -0.463 e. The second kappa shape index (κ2) is 10.6. The predicted molar refractivity (Wildman–Crippen MR) is 144 cm³/mol. The second-order valence-electron chi connectivity index (χ2n) is 14.4. The van der Waals surface area contributed by atoms with Crippen molar-refractivity contribution in [3.8, 4) is 0 Å². The first-order chi connectivity index (χ1) is 16.9. The van der Waals surface area contributed by atoms with Crippen LogP contribution in [0.1, 0.15) is 120 Å². The van der Waals surface area contributed by atoms with Crippen molar-refractivity contribution in [2.75, 3.05) is 0 Å². The predicted octanol–water partition coefficient (Wildman–Crippen LogP) is 7.83. The fourth-order valence-corrected chi connectivity index (χ4v) is 10.0. The van der Waals surface area contributed by atoms with Crippen molar-refractivity contribution >= 4 is 11.9 Å². The molecule has 0 bridgehead atoms. The molecule has 0 aliphatic heterocycles. The first-order valence-corrected chi connectivity index (χ1v) is 15.2. The summed E-state index contributed by atoms with van der Waals surface area (Å²) >= 11 is 0. The van der Waals surface area contributed by atoms with Gasteiger partial charge in [-0.2, -0.15) is 0 Å². The van der Waals surface area contributed by atoms with Crippen LogP contribution in [0.15, 0.2) is 0 Å². The van der Waals surface area contributed by atoms with Crippen molar-refractivity contribution in [3.05, 3.63) is 0 Å². The van der Waals surface area contributed by atoms with Gasteiger partial charge >= 0.3 is 11.9 Å². The van der Waals surface area contributed by atoms with E-state index in [1.165, 1.54) is 45.4 Å². The lowest BCUT2D eigenvalue weighted by molar-refractivity contribution is -0.201. The highest BCUT2D eigenvalue weighted by molar-refractivity contribution is 5.66. The maximum atomic E-state index is 12.4. The average Bonchev–Trinajstić information content (AvgIpc) is 3.13. The minimum absolute atomic E-state index is 0.0224. The summed E-state index contributed by atoms with van der Waals surface area (Å²) < 4.78 is 11.9. The van der Waals surface area contributed by atoms with Crippen LogP contribution in [0.2, 0.25) is 0 Å². The highest BCUT2D eigenvalue weighted by Gasteiger charge is 2.64. The number of fused-ring (bicyclic) bond motifs is 5. The molecule has 4 saturated carbocycles. The monoisotopic (exact) mass is 502 g/mol. The Hall–Kier alpha value is -1.06. The molecule has 4 rings (SSSR count). The summed E-state index contributed by atoms with van der Waals surface area (Å²) in [6.07, 6.45) is 11.9. The number of esters is 2. The van der Waals surface area contributed by atoms with Crippen LogP contribution >= 0.6 is 0 Å². The number of hydrogen-bond donors (Lipinski definition) is 0. The van der Waals surface area contributed by atoms with Gasteiger partial charge in [0.25, 0.3) is 0 Å². The summed E-state index contributed by atoms with van der Waals surface area (Å²) in [5.41, 5.74) is 0.428. The summed E-state index contributed by atoms with van der Waals surface area (Å²) in [7, 11) is 0. The molecular formula is C32H54O4. The van der Waals surface area contributed by atoms with Gasteiger partial charge in [-0.25, -0.2) is 0 Å². The van der Waals surface area contributed by atoms with Gasteiger partial charge in [-0.05, 0) is 104 Å². The number of carbonyl (C=O) groups is 2. The third-order valence-corrected chi connectivity index (χ3v) is 12.1. The Kier molecular flexibility index (Phi) is 8.23. The van der Waals surface area contributed by atoms with Crippen molar-refractivity contribution < 1.29 is 19.1 Å². The second-order valence-corrected chi connectivity index (χ2v) is 14.4. The number of hydrogen-bond acceptors (Lipinski definition) is 4. The van der Waals surface area contributed by atoms with Gasteiger partial charge in [0.05, 0.1) is 0 Å². The van der Waals surface area contributed by atoms with Crippen molar-refractivity contribution in [1.29, 1.82) is 0 Å². The Balaban J connectivity index is 1.57. The molecule has 0 amide bonds. The zero-order chi connectivity index (χ0) is 26.4. The largest absolute Gasteiger partial charge is 0.463 e. The Morgan fingerprint density at radius 2 is 1.56 bits per heavy atom. The van der Waals surface area contributed by atoms with E-state index in [1.807, 2.05) is 0 Å². The lowest BCUT2D eigenvalue weighted by Gasteiger charge is -2.63. The molecule has 36 heavy (non-hydrogen) atoms. The van der Waals surface area contributed by atoms with Gasteiger partial charge in [-0.15, -0.1) is 0 Å². The summed E-state index contributed by atoms with van der Waals surface area (Å²) in [6, 6.07) is 0. The van der Waals surface area contributed by atoms with E-state index in [-0.39, 0.29) is 35.0 Å². The van der Waals surface area contributed by atoms with E-state index in [0.717, 1.165) is 55.3 Å². The van der Waals surface area contributed by atoms with E-state index in [9.17, 15) is 9.59 Å². The molecule has 206 valence electrons. The molecule has 0 aromatic carbocycles. The molecule has 4 aliphatic carbocycles. The van der Waals surface area contributed by atoms with Crippen molar-refractivity contribution in [2.24, 2.45) is 58.2 Å². The summed E-state index contributed by atoms with van der Waals surface area (Å²) in [4.78, 5) is 24.0. The maximum Gasteiger partial charge on any atom is 0.302 e. The Morgan fingerprint density at radius 3 is 2.19 bits per heavy atom. The third kappa shape index (κ3) is 5.13. The van der Waals surface area contributed by atoms with Gasteiger partial charge in [0, 0.05) is 19.8 Å². The number of ether oxygens (including phenoxy) is 2. The van der Waals surface area contributed by atoms with Gasteiger partial charge in [0.1, 0.15) is 12.2 Å². The third-order valence-electron chi connectivity index (χ3n) is 12.1. The van der Waals surface area contributed by atoms with E-state index in [1.54, 1.807) is 6.92 Å². The molecule has 0 radical (unpaired) electrons. The SMILES string of the molecule is CC(=O)O[C@@H]1CC[C@@]2(C)[C@@H](CC[C@H]3[C@@H]2[C@H](OC(C)=O)C[C@]2(C)[C@H]3CC[C@H]2[C@H](C)CC[C@H](C)C(C)C)C1. The molecule has 0 heterocycles. The van der Waals surface area contributed by atoms with Crippen molar-refractivity contribution in [1.82, 2.24) is 0 Å². The first-order valence-electron chi connectivity index (χ1n) is 15.2. The van der Waals surface area contributed by atoms with Crippen LogP contribution in [0.4, 0.5) is 0 Å². The highest BCUT2D eigenvalue weighted by atomic mass is 16.5. The molecule has 0 saturated heterocycles. The van der Waals surface area contributed by atoms with Gasteiger partial charge in [0.2, 0.25) is 0 Å². The van der Waals surface area contributed by atoms with Gasteiger partial charge in [0.15, 0.2) is 0 Å². The molecule has 0 N–H and O–H groups in total.